The van der Waals surface area contributed by atoms with E-state index in [9.17, 15) is 9.90 Å². The van der Waals surface area contributed by atoms with Gasteiger partial charge in [0.15, 0.2) is 0 Å². The monoisotopic (exact) mass is 377 g/mol. The number of aliphatic carboxylic acids is 1. The van der Waals surface area contributed by atoms with Crippen molar-refractivity contribution in [2.75, 3.05) is 20.2 Å². The van der Waals surface area contributed by atoms with Crippen LogP contribution in [-0.2, 0) is 24.8 Å². The zero-order chi connectivity index (χ0) is 18.8. The summed E-state index contributed by atoms with van der Waals surface area (Å²) in [6, 6.07) is 7.65. The molecule has 0 amide bonds. The van der Waals surface area contributed by atoms with Gasteiger partial charge >= 0.3 is 5.97 Å². The highest BCUT2D eigenvalue weighted by Crippen LogP contribution is 2.38. The number of hydrogen-bond donors (Lipinski definition) is 1. The molecule has 3 rings (SSSR count). The van der Waals surface area contributed by atoms with Crippen molar-refractivity contribution in [3.63, 3.8) is 0 Å². The summed E-state index contributed by atoms with van der Waals surface area (Å²) in [7, 11) is 3.44. The molecule has 0 aliphatic carbocycles. The van der Waals surface area contributed by atoms with E-state index < -0.39 is 11.9 Å². The Hall–Kier alpha value is -2.05. The molecule has 0 radical (unpaired) electrons. The van der Waals surface area contributed by atoms with Crippen molar-refractivity contribution in [1.29, 1.82) is 0 Å². The van der Waals surface area contributed by atoms with Crippen molar-refractivity contribution in [2.24, 2.45) is 13.0 Å². The van der Waals surface area contributed by atoms with E-state index in [4.69, 9.17) is 16.3 Å². The molecule has 2 aromatic rings. The molecule has 2 heterocycles. The molecule has 26 heavy (non-hydrogen) atoms. The Balaban J connectivity index is 1.87. The number of carboxylic acid groups (broad SMARTS) is 1. The van der Waals surface area contributed by atoms with Gasteiger partial charge in [0.1, 0.15) is 10.9 Å². The smallest absolute Gasteiger partial charge is 0.308 e. The van der Waals surface area contributed by atoms with Crippen LogP contribution in [0, 0.1) is 5.92 Å². The molecule has 7 heteroatoms. The van der Waals surface area contributed by atoms with Crippen LogP contribution in [0.1, 0.15) is 29.7 Å². The number of ether oxygens (including phenoxy) is 1. The summed E-state index contributed by atoms with van der Waals surface area (Å²) in [4.78, 5) is 14.0. The van der Waals surface area contributed by atoms with Crippen molar-refractivity contribution in [3.05, 3.63) is 46.2 Å². The van der Waals surface area contributed by atoms with Gasteiger partial charge in [-0.05, 0) is 18.1 Å². The van der Waals surface area contributed by atoms with Gasteiger partial charge in [-0.25, -0.2) is 0 Å². The van der Waals surface area contributed by atoms with Crippen molar-refractivity contribution < 1.29 is 14.6 Å². The molecule has 0 unspecified atom stereocenters. The molecule has 6 nitrogen and oxygen atoms in total. The first kappa shape index (κ1) is 18.7. The third-order valence-corrected chi connectivity index (χ3v) is 5.59. The van der Waals surface area contributed by atoms with Gasteiger partial charge in [-0.3, -0.25) is 14.4 Å². The van der Waals surface area contributed by atoms with Crippen molar-refractivity contribution in [2.45, 2.75) is 25.8 Å². The van der Waals surface area contributed by atoms with Crippen molar-refractivity contribution >= 4 is 17.6 Å². The molecule has 1 aliphatic heterocycles. The van der Waals surface area contributed by atoms with Crippen LogP contribution < -0.4 is 4.74 Å². The number of aromatic nitrogens is 2. The lowest BCUT2D eigenvalue weighted by Gasteiger charge is -2.18. The summed E-state index contributed by atoms with van der Waals surface area (Å²) in [5, 5.41) is 14.8. The summed E-state index contributed by atoms with van der Waals surface area (Å²) in [5.74, 6) is -0.647. The van der Waals surface area contributed by atoms with Gasteiger partial charge in [0.2, 0.25) is 0 Å². The van der Waals surface area contributed by atoms with E-state index in [2.05, 4.69) is 10.00 Å². The van der Waals surface area contributed by atoms with Crippen molar-refractivity contribution in [1.82, 2.24) is 14.7 Å². The minimum atomic E-state index is -0.781. The topological polar surface area (TPSA) is 67.6 Å². The lowest BCUT2D eigenvalue weighted by Crippen LogP contribution is -2.23. The second-order valence-corrected chi connectivity index (χ2v) is 7.04. The number of aryl methyl sites for hydroxylation is 2. The number of likely N-dealkylation sites (tertiary alicyclic amines) is 1. The van der Waals surface area contributed by atoms with Crippen LogP contribution >= 0.6 is 11.6 Å². The van der Waals surface area contributed by atoms with E-state index in [1.807, 2.05) is 38.2 Å². The van der Waals surface area contributed by atoms with Gasteiger partial charge in [0, 0.05) is 38.2 Å². The molecule has 1 saturated heterocycles. The third kappa shape index (κ3) is 3.44. The van der Waals surface area contributed by atoms with E-state index in [0.29, 0.717) is 24.8 Å². The maximum Gasteiger partial charge on any atom is 0.308 e. The number of nitrogens with zero attached hydrogens (tertiary/aromatic N) is 3. The van der Waals surface area contributed by atoms with Gasteiger partial charge < -0.3 is 9.84 Å². The molecule has 1 aromatic carbocycles. The maximum atomic E-state index is 11.9. The molecule has 1 N–H and O–H groups in total. The first-order valence-corrected chi connectivity index (χ1v) is 9.12. The van der Waals surface area contributed by atoms with Crippen LogP contribution in [-0.4, -0.2) is 46.0 Å². The highest BCUT2D eigenvalue weighted by Gasteiger charge is 2.40. The summed E-state index contributed by atoms with van der Waals surface area (Å²) in [5.41, 5.74) is 2.89. The SMILES string of the molecule is CCc1nn(C)c(Cl)c1CN1C[C@H](C(=O)O)[C@@H](c2ccccc2OC)C1. The van der Waals surface area contributed by atoms with E-state index in [0.717, 1.165) is 29.0 Å². The molecule has 0 saturated carbocycles. The van der Waals surface area contributed by atoms with E-state index >= 15 is 0 Å². The zero-order valence-corrected chi connectivity index (χ0v) is 16.0. The Kier molecular flexibility index (Phi) is 5.53. The second-order valence-electron chi connectivity index (χ2n) is 6.68. The highest BCUT2D eigenvalue weighted by molar-refractivity contribution is 6.30. The lowest BCUT2D eigenvalue weighted by molar-refractivity contribution is -0.141. The fraction of sp³-hybridized carbons (Fsp3) is 0.474. The van der Waals surface area contributed by atoms with Crippen LogP contribution in [0.5, 0.6) is 5.75 Å². The van der Waals surface area contributed by atoms with E-state index in [1.54, 1.807) is 11.8 Å². The third-order valence-electron chi connectivity index (χ3n) is 5.12. The lowest BCUT2D eigenvalue weighted by atomic mass is 9.88. The first-order chi connectivity index (χ1) is 12.5. The molecular weight excluding hydrogens is 354 g/mol. The van der Waals surface area contributed by atoms with Crippen LogP contribution in [0.15, 0.2) is 24.3 Å². The average Bonchev–Trinajstić information content (AvgIpc) is 3.18. The number of hydrogen-bond acceptors (Lipinski definition) is 4. The molecule has 0 spiro atoms. The predicted molar refractivity (Wildman–Crippen MR) is 99.7 cm³/mol. The Morgan fingerprint density at radius 3 is 2.77 bits per heavy atom. The number of halogens is 1. The number of benzene rings is 1. The number of carboxylic acids is 1. The molecule has 140 valence electrons. The van der Waals surface area contributed by atoms with Crippen molar-refractivity contribution in [3.8, 4) is 5.75 Å². The minimum Gasteiger partial charge on any atom is -0.496 e. The van der Waals surface area contributed by atoms with Gasteiger partial charge in [-0.1, -0.05) is 36.7 Å². The van der Waals surface area contributed by atoms with Gasteiger partial charge in [0.05, 0.1) is 18.7 Å². The zero-order valence-electron chi connectivity index (χ0n) is 15.3. The summed E-state index contributed by atoms with van der Waals surface area (Å²) in [6.07, 6.45) is 0.794. The molecule has 0 bridgehead atoms. The predicted octanol–water partition coefficient (Wildman–Crippen LogP) is 2.94. The number of carbonyl (C=O) groups is 1. The summed E-state index contributed by atoms with van der Waals surface area (Å²) in [6.45, 7) is 3.77. The fourth-order valence-electron chi connectivity index (χ4n) is 3.82. The number of para-hydroxylation sites is 1. The molecular formula is C19H24ClN3O3. The first-order valence-electron chi connectivity index (χ1n) is 8.74. The quantitative estimate of drug-likeness (QED) is 0.838. The Morgan fingerprint density at radius 2 is 2.12 bits per heavy atom. The van der Waals surface area contributed by atoms with Crippen LogP contribution in [0.3, 0.4) is 0 Å². The molecule has 2 atom stereocenters. The Bertz CT molecular complexity index is 805. The molecule has 1 aliphatic rings. The van der Waals surface area contributed by atoms with Gasteiger partial charge in [-0.15, -0.1) is 0 Å². The summed E-state index contributed by atoms with van der Waals surface area (Å²) >= 11 is 6.41. The fourth-order valence-corrected chi connectivity index (χ4v) is 4.02. The Labute approximate surface area is 158 Å². The van der Waals surface area contributed by atoms with E-state index in [-0.39, 0.29) is 5.92 Å². The molecule has 1 fully saturated rings. The average molecular weight is 378 g/mol. The van der Waals surface area contributed by atoms with E-state index in [1.165, 1.54) is 0 Å². The minimum absolute atomic E-state index is 0.121. The highest BCUT2D eigenvalue weighted by atomic mass is 35.5. The van der Waals surface area contributed by atoms with Crippen LogP contribution in [0.4, 0.5) is 0 Å². The number of rotatable bonds is 6. The largest absolute Gasteiger partial charge is 0.496 e. The second kappa shape index (κ2) is 7.68. The van der Waals surface area contributed by atoms with Crippen LogP contribution in [0.25, 0.3) is 0 Å². The maximum absolute atomic E-state index is 11.9. The van der Waals surface area contributed by atoms with Gasteiger partial charge in [-0.2, -0.15) is 5.10 Å². The Morgan fingerprint density at radius 1 is 1.38 bits per heavy atom. The standard InChI is InChI=1S/C19H24ClN3O3/c1-4-16-15(18(20)22(2)21-16)11-23-9-13(14(10-23)19(24)25)12-7-5-6-8-17(12)26-3/h5-8,13-14H,4,9-11H2,1-3H3,(H,24,25)/t13-,14+/m1/s1. The van der Waals surface area contributed by atoms with Gasteiger partial charge in [0.25, 0.3) is 0 Å². The number of methoxy groups -OCH3 is 1. The molecule has 1 aromatic heterocycles. The van der Waals surface area contributed by atoms with Crippen LogP contribution in [0.2, 0.25) is 5.15 Å². The normalized spacial score (nSPS) is 20.5. The summed E-state index contributed by atoms with van der Waals surface area (Å²) < 4.78 is 7.13.